The lowest BCUT2D eigenvalue weighted by Crippen LogP contribution is -2.39. The number of nitrogens with zero attached hydrogens (tertiary/aromatic N) is 2. The highest BCUT2D eigenvalue weighted by Gasteiger charge is 2.27. The van der Waals surface area contributed by atoms with Crippen LogP contribution < -0.4 is 0 Å². The van der Waals surface area contributed by atoms with E-state index >= 15 is 0 Å². The van der Waals surface area contributed by atoms with E-state index in [0.717, 1.165) is 12.1 Å². The lowest BCUT2D eigenvalue weighted by molar-refractivity contribution is -0.0864. The zero-order chi connectivity index (χ0) is 13.6. The molecule has 0 amide bonds. The van der Waals surface area contributed by atoms with Crippen molar-refractivity contribution in [1.82, 2.24) is 9.55 Å². The maximum absolute atomic E-state index is 13.3. The Kier molecular flexibility index (Phi) is 2.96. The third-order valence-electron chi connectivity index (χ3n) is 3.27. The monoisotopic (exact) mass is 270 g/mol. The van der Waals surface area contributed by atoms with Crippen LogP contribution in [0.1, 0.15) is 5.82 Å². The van der Waals surface area contributed by atoms with Crippen LogP contribution in [0.2, 0.25) is 0 Å². The Balaban J connectivity index is 2.05. The molecule has 0 saturated heterocycles. The molecule has 0 bridgehead atoms. The van der Waals surface area contributed by atoms with Gasteiger partial charge in [0.05, 0.1) is 24.2 Å². The van der Waals surface area contributed by atoms with Crippen molar-refractivity contribution in [3.05, 3.63) is 29.6 Å². The number of benzene rings is 1. The molecule has 0 spiro atoms. The number of rotatable bonds is 2. The molecule has 19 heavy (non-hydrogen) atoms. The van der Waals surface area contributed by atoms with Gasteiger partial charge in [-0.2, -0.15) is 0 Å². The molecule has 0 radical (unpaired) electrons. The minimum atomic E-state index is -1.02. The normalized spacial score (nSPS) is 20.5. The maximum atomic E-state index is 13.3. The Morgan fingerprint density at radius 3 is 2.89 bits per heavy atom. The van der Waals surface area contributed by atoms with Gasteiger partial charge in [0.1, 0.15) is 24.6 Å². The van der Waals surface area contributed by atoms with Crippen LogP contribution in [0.3, 0.4) is 0 Å². The molecule has 1 aliphatic rings. The predicted octanol–water partition coefficient (Wildman–Crippen LogP) is 0.567. The number of ether oxygens (including phenoxy) is 1. The Morgan fingerprint density at radius 1 is 1.42 bits per heavy atom. The van der Waals surface area contributed by atoms with Gasteiger partial charge in [-0.15, -0.1) is 0 Å². The summed E-state index contributed by atoms with van der Waals surface area (Å²) in [5.74, 6) is -1.35. The smallest absolute Gasteiger partial charge is 0.161 e. The minimum Gasteiger partial charge on any atom is -0.394 e. The molecule has 0 saturated carbocycles. The average Bonchev–Trinajstić information content (AvgIpc) is 2.75. The second kappa shape index (κ2) is 4.52. The van der Waals surface area contributed by atoms with E-state index in [4.69, 9.17) is 9.84 Å². The molecule has 1 aromatic carbocycles. The molecule has 2 heterocycles. The number of hydrogen-bond donors (Lipinski definition) is 2. The summed E-state index contributed by atoms with van der Waals surface area (Å²) in [5, 5.41) is 18.5. The topological polar surface area (TPSA) is 67.5 Å². The third kappa shape index (κ3) is 1.99. The fraction of sp³-hybridized carbons (Fsp3) is 0.417. The summed E-state index contributed by atoms with van der Waals surface area (Å²) in [4.78, 5) is 4.16. The fourth-order valence-corrected chi connectivity index (χ4v) is 2.25. The molecule has 0 fully saturated rings. The van der Waals surface area contributed by atoms with Crippen LogP contribution in [0.25, 0.3) is 11.0 Å². The summed E-state index contributed by atoms with van der Waals surface area (Å²) in [6.07, 6.45) is -1.61. The summed E-state index contributed by atoms with van der Waals surface area (Å²) in [5.41, 5.74) is 0.795. The van der Waals surface area contributed by atoms with Gasteiger partial charge in [-0.3, -0.25) is 0 Å². The van der Waals surface area contributed by atoms with E-state index in [-0.39, 0.29) is 13.2 Å². The number of aliphatic hydroxyl groups is 2. The molecule has 2 atom stereocenters. The lowest BCUT2D eigenvalue weighted by Gasteiger charge is -2.27. The number of fused-ring (bicyclic) bond motifs is 3. The van der Waals surface area contributed by atoms with E-state index in [0.29, 0.717) is 16.9 Å². The molecule has 1 aromatic heterocycles. The van der Waals surface area contributed by atoms with Crippen LogP contribution in [0, 0.1) is 11.6 Å². The van der Waals surface area contributed by atoms with Crippen LogP contribution in [0.15, 0.2) is 12.1 Å². The summed E-state index contributed by atoms with van der Waals surface area (Å²) in [6.45, 7) is -0.0616. The number of halogens is 2. The fourth-order valence-electron chi connectivity index (χ4n) is 2.25. The van der Waals surface area contributed by atoms with Gasteiger partial charge in [0.2, 0.25) is 0 Å². The lowest BCUT2D eigenvalue weighted by atomic mass is 10.2. The number of imidazole rings is 1. The van der Waals surface area contributed by atoms with Crippen LogP contribution in [-0.2, 0) is 17.9 Å². The molecule has 2 N–H and O–H groups in total. The third-order valence-corrected chi connectivity index (χ3v) is 3.27. The second-order valence-electron chi connectivity index (χ2n) is 4.49. The summed E-state index contributed by atoms with van der Waals surface area (Å²) in [7, 11) is 0. The summed E-state index contributed by atoms with van der Waals surface area (Å²) < 4.78 is 33.5. The first kappa shape index (κ1) is 12.5. The maximum Gasteiger partial charge on any atom is 0.161 e. The van der Waals surface area contributed by atoms with Gasteiger partial charge < -0.3 is 19.5 Å². The second-order valence-corrected chi connectivity index (χ2v) is 4.49. The van der Waals surface area contributed by atoms with Crippen LogP contribution >= 0.6 is 0 Å². The van der Waals surface area contributed by atoms with Crippen molar-refractivity contribution in [2.45, 2.75) is 25.4 Å². The van der Waals surface area contributed by atoms with Gasteiger partial charge in [0.15, 0.2) is 11.6 Å². The van der Waals surface area contributed by atoms with Crippen molar-refractivity contribution < 1.29 is 23.7 Å². The molecule has 0 aliphatic carbocycles. The summed E-state index contributed by atoms with van der Waals surface area (Å²) >= 11 is 0. The largest absolute Gasteiger partial charge is 0.394 e. The van der Waals surface area contributed by atoms with Gasteiger partial charge in [-0.05, 0) is 0 Å². The molecule has 7 heteroatoms. The number of hydrogen-bond acceptors (Lipinski definition) is 4. The van der Waals surface area contributed by atoms with Crippen molar-refractivity contribution in [3.63, 3.8) is 0 Å². The van der Waals surface area contributed by atoms with Crippen molar-refractivity contribution in [2.24, 2.45) is 0 Å². The highest BCUT2D eigenvalue weighted by atomic mass is 19.2. The van der Waals surface area contributed by atoms with E-state index in [9.17, 15) is 13.9 Å². The molecule has 5 nitrogen and oxygen atoms in total. The standard InChI is InChI=1S/C12H12F2N2O3/c13-6-1-8-9(2-7(6)14)16-3-11(10(18)4-17)19-5-12(16)15-8/h1-2,10-11,17-18H,3-5H2/t10-,11+/m1/s1. The predicted molar refractivity (Wildman–Crippen MR) is 61.3 cm³/mol. The average molecular weight is 270 g/mol. The SMILES string of the molecule is OC[C@@H](O)[C@@H]1Cn2c(nc3cc(F)c(F)cc32)CO1. The first-order chi connectivity index (χ1) is 9.10. The van der Waals surface area contributed by atoms with E-state index in [1.165, 1.54) is 0 Å². The van der Waals surface area contributed by atoms with E-state index in [1.54, 1.807) is 4.57 Å². The van der Waals surface area contributed by atoms with Crippen molar-refractivity contribution in [2.75, 3.05) is 6.61 Å². The van der Waals surface area contributed by atoms with Gasteiger partial charge in [-0.1, -0.05) is 0 Å². The van der Waals surface area contributed by atoms with Gasteiger partial charge in [0, 0.05) is 12.1 Å². The Labute approximate surface area is 107 Å². The van der Waals surface area contributed by atoms with Gasteiger partial charge in [0.25, 0.3) is 0 Å². The molecule has 2 aromatic rings. The molecular formula is C12H12F2N2O3. The van der Waals surface area contributed by atoms with E-state index in [2.05, 4.69) is 4.98 Å². The Bertz CT molecular complexity index is 629. The Morgan fingerprint density at radius 2 is 2.16 bits per heavy atom. The first-order valence-corrected chi connectivity index (χ1v) is 5.85. The first-order valence-electron chi connectivity index (χ1n) is 5.85. The number of aromatic nitrogens is 2. The van der Waals surface area contributed by atoms with Crippen LogP contribution in [0.4, 0.5) is 8.78 Å². The molecule has 0 unspecified atom stereocenters. The van der Waals surface area contributed by atoms with Gasteiger partial charge in [-0.25, -0.2) is 13.8 Å². The van der Waals surface area contributed by atoms with Gasteiger partial charge >= 0.3 is 0 Å². The van der Waals surface area contributed by atoms with Crippen LogP contribution in [-0.4, -0.2) is 38.6 Å². The van der Waals surface area contributed by atoms with Crippen molar-refractivity contribution in [1.29, 1.82) is 0 Å². The zero-order valence-corrected chi connectivity index (χ0v) is 9.88. The molecule has 3 rings (SSSR count). The minimum absolute atomic E-state index is 0.125. The van der Waals surface area contributed by atoms with Crippen molar-refractivity contribution >= 4 is 11.0 Å². The van der Waals surface area contributed by atoms with E-state index in [1.807, 2.05) is 0 Å². The Hall–Kier alpha value is -1.57. The molecule has 102 valence electrons. The number of aliphatic hydroxyl groups excluding tert-OH is 2. The van der Waals surface area contributed by atoms with Crippen LogP contribution in [0.5, 0.6) is 0 Å². The quantitative estimate of drug-likeness (QED) is 0.837. The highest BCUT2D eigenvalue weighted by Crippen LogP contribution is 2.25. The van der Waals surface area contributed by atoms with Crippen molar-refractivity contribution in [3.8, 4) is 0 Å². The summed E-state index contributed by atoms with van der Waals surface area (Å²) in [6, 6.07) is 2.11. The van der Waals surface area contributed by atoms with E-state index < -0.39 is 30.4 Å². The highest BCUT2D eigenvalue weighted by molar-refractivity contribution is 5.76. The zero-order valence-electron chi connectivity index (χ0n) is 9.88. The molecular weight excluding hydrogens is 258 g/mol. The molecule has 1 aliphatic heterocycles.